The molecule has 6 nitrogen and oxygen atoms in total. The molecule has 5 rings (SSSR count). The van der Waals surface area contributed by atoms with Crippen LogP contribution in [0.15, 0.2) is 84.0 Å². The number of nitrogens with one attached hydrogen (secondary N) is 1. The molecule has 40 heavy (non-hydrogen) atoms. The minimum atomic E-state index is -0.208. The third-order valence-electron chi connectivity index (χ3n) is 7.84. The second kappa shape index (κ2) is 12.5. The number of para-hydroxylation sites is 1. The van der Waals surface area contributed by atoms with Crippen LogP contribution in [0, 0.1) is 27.7 Å². The number of nitrogens with zero attached hydrogens (tertiary/aromatic N) is 4. The van der Waals surface area contributed by atoms with Crippen LogP contribution in [0.3, 0.4) is 0 Å². The van der Waals surface area contributed by atoms with Crippen molar-refractivity contribution >= 4 is 12.1 Å². The lowest BCUT2D eigenvalue weighted by Crippen LogP contribution is -2.45. The van der Waals surface area contributed by atoms with Gasteiger partial charge in [-0.05, 0) is 68.1 Å². The molecule has 0 radical (unpaired) electrons. The lowest BCUT2D eigenvalue weighted by atomic mass is 10.1. The third kappa shape index (κ3) is 6.41. The van der Waals surface area contributed by atoms with Gasteiger partial charge in [-0.3, -0.25) is 14.6 Å². The van der Waals surface area contributed by atoms with Gasteiger partial charge in [0.2, 0.25) is 0 Å². The minimum Gasteiger partial charge on any atom is -0.317 e. The average Bonchev–Trinajstić information content (AvgIpc) is 3.23. The smallest absolute Gasteiger partial charge is 0.271 e. The predicted octanol–water partition coefficient (Wildman–Crippen LogP) is 5.79. The van der Waals surface area contributed by atoms with Gasteiger partial charge in [-0.25, -0.2) is 5.43 Å². The number of hydrogen-bond acceptors (Lipinski definition) is 4. The highest BCUT2D eigenvalue weighted by molar-refractivity contribution is 5.95. The molecular weight excluding hydrogens is 494 g/mol. The molecule has 1 fully saturated rings. The van der Waals surface area contributed by atoms with Crippen LogP contribution in [-0.2, 0) is 13.1 Å². The van der Waals surface area contributed by atoms with E-state index >= 15 is 0 Å². The molecule has 0 spiro atoms. The van der Waals surface area contributed by atoms with Crippen molar-refractivity contribution in [1.29, 1.82) is 0 Å². The molecule has 1 aliphatic rings. The quantitative estimate of drug-likeness (QED) is 0.230. The first kappa shape index (κ1) is 27.6. The maximum atomic E-state index is 12.7. The van der Waals surface area contributed by atoms with Gasteiger partial charge in [0, 0.05) is 61.8 Å². The number of aryl methyl sites for hydroxylation is 3. The highest BCUT2D eigenvalue weighted by Crippen LogP contribution is 2.25. The lowest BCUT2D eigenvalue weighted by Gasteiger charge is -2.34. The molecule has 1 amide bonds. The number of hydrazone groups is 1. The Bertz CT molecular complexity index is 1460. The molecule has 206 valence electrons. The van der Waals surface area contributed by atoms with Crippen LogP contribution >= 0.6 is 0 Å². The van der Waals surface area contributed by atoms with Crippen molar-refractivity contribution in [3.05, 3.63) is 124 Å². The number of carbonyl (C=O) groups excluding carboxylic acids is 1. The van der Waals surface area contributed by atoms with Crippen LogP contribution in [0.25, 0.3) is 5.69 Å². The predicted molar refractivity (Wildman–Crippen MR) is 163 cm³/mol. The molecule has 1 N–H and O–H groups in total. The van der Waals surface area contributed by atoms with E-state index in [0.29, 0.717) is 5.56 Å². The topological polar surface area (TPSA) is 52.9 Å². The molecule has 0 unspecified atom stereocenters. The van der Waals surface area contributed by atoms with Gasteiger partial charge in [-0.2, -0.15) is 5.10 Å². The molecule has 2 heterocycles. The van der Waals surface area contributed by atoms with E-state index in [-0.39, 0.29) is 5.91 Å². The number of rotatable bonds is 8. The van der Waals surface area contributed by atoms with Crippen molar-refractivity contribution < 1.29 is 4.79 Å². The van der Waals surface area contributed by atoms with Gasteiger partial charge < -0.3 is 4.57 Å². The summed E-state index contributed by atoms with van der Waals surface area (Å²) in [5, 5.41) is 4.27. The van der Waals surface area contributed by atoms with Crippen LogP contribution < -0.4 is 5.43 Å². The van der Waals surface area contributed by atoms with Crippen molar-refractivity contribution in [2.45, 2.75) is 40.8 Å². The lowest BCUT2D eigenvalue weighted by molar-refractivity contribution is 0.0955. The van der Waals surface area contributed by atoms with Gasteiger partial charge in [0.05, 0.1) is 11.9 Å². The number of hydrogen-bond donors (Lipinski definition) is 1. The number of amides is 1. The Kier molecular flexibility index (Phi) is 8.58. The number of benzene rings is 3. The Balaban J connectivity index is 1.13. The van der Waals surface area contributed by atoms with E-state index in [1.54, 1.807) is 6.21 Å². The van der Waals surface area contributed by atoms with E-state index in [2.05, 4.69) is 107 Å². The molecule has 4 aromatic rings. The summed E-state index contributed by atoms with van der Waals surface area (Å²) in [6.07, 6.45) is 1.73. The summed E-state index contributed by atoms with van der Waals surface area (Å²) in [4.78, 5) is 17.7. The average molecular weight is 534 g/mol. The number of aromatic nitrogens is 1. The van der Waals surface area contributed by atoms with Gasteiger partial charge in [0.25, 0.3) is 5.91 Å². The van der Waals surface area contributed by atoms with Gasteiger partial charge in [0.1, 0.15) is 0 Å². The number of piperazine rings is 1. The van der Waals surface area contributed by atoms with Gasteiger partial charge in [0.15, 0.2) is 0 Å². The van der Waals surface area contributed by atoms with Crippen LogP contribution in [0.2, 0.25) is 0 Å². The fraction of sp³-hybridized carbons (Fsp3) is 0.294. The second-order valence-corrected chi connectivity index (χ2v) is 10.8. The molecular formula is C34H39N5O. The first-order valence-electron chi connectivity index (χ1n) is 14.1. The summed E-state index contributed by atoms with van der Waals surface area (Å²) in [6.45, 7) is 14.6. The zero-order chi connectivity index (χ0) is 28.1. The molecule has 1 aromatic heterocycles. The van der Waals surface area contributed by atoms with Crippen molar-refractivity contribution in [2.24, 2.45) is 5.10 Å². The SMILES string of the molecule is Cc1cccc(C)c1-n1c(C)cc(/C=N\NC(=O)c2ccc(CN3CCN(Cc4ccccc4)CC3)cc2)c1C. The van der Waals surface area contributed by atoms with Gasteiger partial charge in [-0.1, -0.05) is 60.7 Å². The molecule has 6 heteroatoms. The van der Waals surface area contributed by atoms with Crippen molar-refractivity contribution in [2.75, 3.05) is 26.2 Å². The third-order valence-corrected chi connectivity index (χ3v) is 7.84. The zero-order valence-electron chi connectivity index (χ0n) is 24.0. The Labute approximate surface area is 237 Å². The van der Waals surface area contributed by atoms with Crippen LogP contribution in [0.5, 0.6) is 0 Å². The Morgan fingerprint density at radius 3 is 1.95 bits per heavy atom. The maximum absolute atomic E-state index is 12.7. The van der Waals surface area contributed by atoms with Crippen molar-refractivity contribution in [3.8, 4) is 5.69 Å². The van der Waals surface area contributed by atoms with Crippen LogP contribution in [-0.4, -0.2) is 52.7 Å². The van der Waals surface area contributed by atoms with E-state index in [9.17, 15) is 4.79 Å². The number of carbonyl (C=O) groups is 1. The van der Waals surface area contributed by atoms with E-state index in [1.807, 2.05) is 24.3 Å². The summed E-state index contributed by atoms with van der Waals surface area (Å²) in [5.74, 6) is -0.208. The minimum absolute atomic E-state index is 0.208. The highest BCUT2D eigenvalue weighted by Gasteiger charge is 2.17. The summed E-state index contributed by atoms with van der Waals surface area (Å²) < 4.78 is 2.26. The van der Waals surface area contributed by atoms with E-state index in [4.69, 9.17) is 0 Å². The normalized spacial score (nSPS) is 14.6. The van der Waals surface area contributed by atoms with Gasteiger partial charge >= 0.3 is 0 Å². The molecule has 0 aliphatic carbocycles. The Morgan fingerprint density at radius 2 is 1.35 bits per heavy atom. The molecule has 3 aromatic carbocycles. The Hall–Kier alpha value is -4.00. The second-order valence-electron chi connectivity index (χ2n) is 10.8. The fourth-order valence-corrected chi connectivity index (χ4v) is 5.61. The summed E-state index contributed by atoms with van der Waals surface area (Å²) in [7, 11) is 0. The summed E-state index contributed by atoms with van der Waals surface area (Å²) in [6, 6.07) is 27.0. The van der Waals surface area contributed by atoms with E-state index < -0.39 is 0 Å². The van der Waals surface area contributed by atoms with E-state index in [0.717, 1.165) is 56.2 Å². The van der Waals surface area contributed by atoms with Gasteiger partial charge in [-0.15, -0.1) is 0 Å². The fourth-order valence-electron chi connectivity index (χ4n) is 5.61. The van der Waals surface area contributed by atoms with E-state index in [1.165, 1.54) is 27.9 Å². The molecule has 0 bridgehead atoms. The maximum Gasteiger partial charge on any atom is 0.271 e. The van der Waals surface area contributed by atoms with Crippen molar-refractivity contribution in [3.63, 3.8) is 0 Å². The molecule has 0 atom stereocenters. The Morgan fingerprint density at radius 1 is 0.775 bits per heavy atom. The monoisotopic (exact) mass is 533 g/mol. The standard InChI is InChI=1S/C34H39N5O/c1-25-9-8-10-26(2)33(25)39-27(3)21-32(28(39)4)22-35-36-34(40)31-15-13-30(14-16-31)24-38-19-17-37(18-20-38)23-29-11-6-5-7-12-29/h5-16,21-22H,17-20,23-24H2,1-4H3,(H,36,40)/b35-22-. The van der Waals surface area contributed by atoms with Crippen LogP contribution in [0.1, 0.15) is 49.6 Å². The molecule has 1 saturated heterocycles. The summed E-state index contributed by atoms with van der Waals surface area (Å²) in [5.41, 5.74) is 12.8. The first-order valence-corrected chi connectivity index (χ1v) is 14.1. The zero-order valence-corrected chi connectivity index (χ0v) is 24.0. The largest absolute Gasteiger partial charge is 0.317 e. The molecule has 0 saturated carbocycles. The highest BCUT2D eigenvalue weighted by atomic mass is 16.2. The summed E-state index contributed by atoms with van der Waals surface area (Å²) >= 11 is 0. The van der Waals surface area contributed by atoms with Crippen molar-refractivity contribution in [1.82, 2.24) is 19.8 Å². The van der Waals surface area contributed by atoms with Crippen LogP contribution in [0.4, 0.5) is 0 Å². The molecule has 1 aliphatic heterocycles. The first-order chi connectivity index (χ1) is 19.4.